The molecule has 0 aliphatic heterocycles. The fourth-order valence-corrected chi connectivity index (χ4v) is 1.23. The summed E-state index contributed by atoms with van der Waals surface area (Å²) in [7, 11) is 0. The first-order valence-corrected chi connectivity index (χ1v) is 5.01. The average molecular weight is 285 g/mol. The molecule has 0 saturated heterocycles. The number of hydrogen-bond donors (Lipinski definition) is 1. The third-order valence-electron chi connectivity index (χ3n) is 1.79. The van der Waals surface area contributed by atoms with Crippen LogP contribution >= 0.6 is 11.6 Å². The Morgan fingerprint density at radius 1 is 1.44 bits per heavy atom. The van der Waals surface area contributed by atoms with Crippen molar-refractivity contribution in [2.24, 2.45) is 0 Å². The molecule has 0 aliphatic carbocycles. The molecule has 0 bridgehead atoms. The predicted octanol–water partition coefficient (Wildman–Crippen LogP) is 3.09. The minimum atomic E-state index is -4.82. The largest absolute Gasteiger partial charge is 0.573 e. The molecular weight excluding hydrogens is 277 g/mol. The normalized spacial score (nSPS) is 12.9. The van der Waals surface area contributed by atoms with Gasteiger partial charge in [-0.3, -0.25) is 0 Å². The second kappa shape index (κ2) is 5.34. The zero-order valence-electron chi connectivity index (χ0n) is 8.99. The van der Waals surface area contributed by atoms with Crippen molar-refractivity contribution >= 4 is 17.6 Å². The molecule has 0 spiro atoms. The Morgan fingerprint density at radius 2 is 2.06 bits per heavy atom. The first kappa shape index (κ1) is 14.4. The van der Waals surface area contributed by atoms with Gasteiger partial charge in [0.05, 0.1) is 5.02 Å². The number of alkyl halides is 3. The molecule has 100 valence electrons. The van der Waals surface area contributed by atoms with Gasteiger partial charge in [-0.2, -0.15) is 0 Å². The van der Waals surface area contributed by atoms with Crippen LogP contribution in [0.4, 0.5) is 13.2 Å². The molecule has 8 heteroatoms. The number of aliphatic carboxylic acids is 1. The third kappa shape index (κ3) is 4.33. The lowest BCUT2D eigenvalue weighted by atomic mass is 10.3. The van der Waals surface area contributed by atoms with E-state index in [1.54, 1.807) is 0 Å². The third-order valence-corrected chi connectivity index (χ3v) is 2.08. The van der Waals surface area contributed by atoms with E-state index in [0.717, 1.165) is 18.2 Å². The SMILES string of the molecule is CC(Oc1ccc(OC(F)(F)F)cc1Cl)C(=O)O. The molecule has 18 heavy (non-hydrogen) atoms. The van der Waals surface area contributed by atoms with Crippen LogP contribution in [0.5, 0.6) is 11.5 Å². The molecule has 1 rings (SSSR count). The number of hydrogen-bond acceptors (Lipinski definition) is 3. The monoisotopic (exact) mass is 284 g/mol. The van der Waals surface area contributed by atoms with Crippen LogP contribution in [-0.2, 0) is 4.79 Å². The highest BCUT2D eigenvalue weighted by Crippen LogP contribution is 2.32. The Bertz CT molecular complexity index is 447. The van der Waals surface area contributed by atoms with E-state index in [-0.39, 0.29) is 10.8 Å². The number of halogens is 4. The molecule has 1 N–H and O–H groups in total. The lowest BCUT2D eigenvalue weighted by Crippen LogP contribution is -2.23. The Kier molecular flexibility index (Phi) is 4.28. The maximum Gasteiger partial charge on any atom is 0.573 e. The highest BCUT2D eigenvalue weighted by atomic mass is 35.5. The van der Waals surface area contributed by atoms with E-state index in [0.29, 0.717) is 0 Å². The molecule has 1 aromatic carbocycles. The predicted molar refractivity (Wildman–Crippen MR) is 55.9 cm³/mol. The van der Waals surface area contributed by atoms with Crippen LogP contribution in [0.2, 0.25) is 5.02 Å². The topological polar surface area (TPSA) is 55.8 Å². The standard InChI is InChI=1S/C10H8ClF3O4/c1-5(9(15)16)17-8-3-2-6(4-7(8)11)18-10(12,13)14/h2-5H,1H3,(H,15,16). The molecule has 0 aromatic heterocycles. The van der Waals surface area contributed by atoms with Gasteiger partial charge in [-0.1, -0.05) is 11.6 Å². The molecule has 1 aromatic rings. The number of ether oxygens (including phenoxy) is 2. The number of carboxylic acid groups (broad SMARTS) is 1. The van der Waals surface area contributed by atoms with Crippen LogP contribution < -0.4 is 9.47 Å². The van der Waals surface area contributed by atoms with Gasteiger partial charge in [0.25, 0.3) is 0 Å². The smallest absolute Gasteiger partial charge is 0.479 e. The minimum Gasteiger partial charge on any atom is -0.479 e. The van der Waals surface area contributed by atoms with Crippen molar-refractivity contribution in [2.75, 3.05) is 0 Å². The van der Waals surface area contributed by atoms with Gasteiger partial charge in [-0.15, -0.1) is 13.2 Å². The summed E-state index contributed by atoms with van der Waals surface area (Å²) < 4.78 is 44.3. The molecule has 0 amide bonds. The summed E-state index contributed by atoms with van der Waals surface area (Å²) in [5.74, 6) is -1.77. The molecule has 0 fully saturated rings. The molecule has 0 heterocycles. The summed E-state index contributed by atoms with van der Waals surface area (Å²) in [4.78, 5) is 10.5. The Morgan fingerprint density at radius 3 is 2.50 bits per heavy atom. The van der Waals surface area contributed by atoms with Gasteiger partial charge in [0, 0.05) is 6.07 Å². The van der Waals surface area contributed by atoms with E-state index in [2.05, 4.69) is 4.74 Å². The van der Waals surface area contributed by atoms with E-state index >= 15 is 0 Å². The summed E-state index contributed by atoms with van der Waals surface area (Å²) in [6, 6.07) is 2.96. The van der Waals surface area contributed by atoms with E-state index in [1.165, 1.54) is 6.92 Å². The van der Waals surface area contributed by atoms with Crippen LogP contribution in [0, 0.1) is 0 Å². The van der Waals surface area contributed by atoms with E-state index < -0.39 is 24.2 Å². The van der Waals surface area contributed by atoms with Gasteiger partial charge < -0.3 is 14.6 Å². The maximum absolute atomic E-state index is 11.9. The molecule has 4 nitrogen and oxygen atoms in total. The van der Waals surface area contributed by atoms with Gasteiger partial charge in [0.15, 0.2) is 6.10 Å². The van der Waals surface area contributed by atoms with Crippen molar-refractivity contribution in [3.05, 3.63) is 23.2 Å². The van der Waals surface area contributed by atoms with Gasteiger partial charge in [0.1, 0.15) is 11.5 Å². The van der Waals surface area contributed by atoms with Gasteiger partial charge in [-0.05, 0) is 19.1 Å². The fourth-order valence-electron chi connectivity index (χ4n) is 1.02. The van der Waals surface area contributed by atoms with Crippen molar-refractivity contribution in [2.45, 2.75) is 19.4 Å². The van der Waals surface area contributed by atoms with E-state index in [1.807, 2.05) is 0 Å². The van der Waals surface area contributed by atoms with Crippen LogP contribution in [-0.4, -0.2) is 23.5 Å². The first-order valence-electron chi connectivity index (χ1n) is 4.64. The second-order valence-electron chi connectivity index (χ2n) is 3.24. The van der Waals surface area contributed by atoms with E-state index in [9.17, 15) is 18.0 Å². The minimum absolute atomic E-state index is 0.0407. The molecule has 1 atom stereocenters. The van der Waals surface area contributed by atoms with Gasteiger partial charge in [0.2, 0.25) is 0 Å². The number of benzene rings is 1. The van der Waals surface area contributed by atoms with Crippen LogP contribution in [0.15, 0.2) is 18.2 Å². The highest BCUT2D eigenvalue weighted by Gasteiger charge is 2.31. The van der Waals surface area contributed by atoms with E-state index in [4.69, 9.17) is 21.4 Å². The van der Waals surface area contributed by atoms with Crippen LogP contribution in [0.3, 0.4) is 0 Å². The van der Waals surface area contributed by atoms with Gasteiger partial charge >= 0.3 is 12.3 Å². The second-order valence-corrected chi connectivity index (χ2v) is 3.65. The van der Waals surface area contributed by atoms with Crippen molar-refractivity contribution < 1.29 is 32.5 Å². The summed E-state index contributed by atoms with van der Waals surface area (Å²) in [6.07, 6.45) is -5.99. The lowest BCUT2D eigenvalue weighted by Gasteiger charge is -2.13. The van der Waals surface area contributed by atoms with Crippen LogP contribution in [0.1, 0.15) is 6.92 Å². The summed E-state index contributed by atoms with van der Waals surface area (Å²) >= 11 is 5.64. The van der Waals surface area contributed by atoms with Crippen molar-refractivity contribution in [1.82, 2.24) is 0 Å². The van der Waals surface area contributed by atoms with Crippen LogP contribution in [0.25, 0.3) is 0 Å². The zero-order chi connectivity index (χ0) is 13.9. The quantitative estimate of drug-likeness (QED) is 0.923. The summed E-state index contributed by atoms with van der Waals surface area (Å²) in [5, 5.41) is 8.42. The average Bonchev–Trinajstić information content (AvgIpc) is 2.19. The summed E-state index contributed by atoms with van der Waals surface area (Å²) in [5.41, 5.74) is 0. The number of carboxylic acids is 1. The van der Waals surface area contributed by atoms with Crippen molar-refractivity contribution in [3.63, 3.8) is 0 Å². The zero-order valence-corrected chi connectivity index (χ0v) is 9.75. The summed E-state index contributed by atoms with van der Waals surface area (Å²) in [6.45, 7) is 1.26. The fraction of sp³-hybridized carbons (Fsp3) is 0.300. The lowest BCUT2D eigenvalue weighted by molar-refractivity contribution is -0.274. The molecule has 0 aliphatic rings. The molecule has 0 radical (unpaired) electrons. The Balaban J connectivity index is 2.83. The van der Waals surface area contributed by atoms with Gasteiger partial charge in [-0.25, -0.2) is 4.79 Å². The molecular formula is C10H8ClF3O4. The Hall–Kier alpha value is -1.63. The first-order chi connectivity index (χ1) is 8.19. The molecule has 1 unspecified atom stereocenters. The molecule has 0 saturated carbocycles. The highest BCUT2D eigenvalue weighted by molar-refractivity contribution is 6.32. The Labute approximate surface area is 105 Å². The number of rotatable bonds is 4. The van der Waals surface area contributed by atoms with Crippen molar-refractivity contribution in [3.8, 4) is 11.5 Å². The number of carbonyl (C=O) groups is 1. The van der Waals surface area contributed by atoms with Crippen molar-refractivity contribution in [1.29, 1.82) is 0 Å². The maximum atomic E-state index is 11.9.